The largest absolute Gasteiger partial charge is 0.497 e. The van der Waals surface area contributed by atoms with Gasteiger partial charge in [-0.1, -0.05) is 26.0 Å². The second kappa shape index (κ2) is 8.05. The lowest BCUT2D eigenvalue weighted by Crippen LogP contribution is -2.43. The molecule has 0 spiro atoms. The third kappa shape index (κ3) is 4.98. The van der Waals surface area contributed by atoms with Crippen molar-refractivity contribution in [2.24, 2.45) is 4.99 Å². The molecule has 0 aliphatic carbocycles. The molecule has 0 bridgehead atoms. The minimum absolute atomic E-state index is 0.0811. The summed E-state index contributed by atoms with van der Waals surface area (Å²) in [5, 5.41) is 6.60. The van der Waals surface area contributed by atoms with Gasteiger partial charge in [0.25, 0.3) is 0 Å². The van der Waals surface area contributed by atoms with Crippen molar-refractivity contribution in [2.75, 3.05) is 20.7 Å². The number of methoxy groups -OCH3 is 1. The maximum absolute atomic E-state index is 5.58. The first kappa shape index (κ1) is 18.8. The SMILES string of the molecule is CN=C(NCc1nc(C)c(C)o1)NCC(C)(C)c1cccc(OC)c1. The second-order valence-electron chi connectivity index (χ2n) is 6.64. The molecule has 1 aromatic heterocycles. The molecule has 136 valence electrons. The van der Waals surface area contributed by atoms with Crippen molar-refractivity contribution in [3.05, 3.63) is 47.2 Å². The number of benzene rings is 1. The third-order valence-corrected chi connectivity index (χ3v) is 4.25. The first-order chi connectivity index (χ1) is 11.9. The number of rotatable bonds is 6. The number of oxazole rings is 1. The Balaban J connectivity index is 1.94. The predicted molar refractivity (Wildman–Crippen MR) is 100 cm³/mol. The Kier molecular flexibility index (Phi) is 6.07. The van der Waals surface area contributed by atoms with Crippen molar-refractivity contribution < 1.29 is 9.15 Å². The zero-order chi connectivity index (χ0) is 18.4. The van der Waals surface area contributed by atoms with E-state index >= 15 is 0 Å². The average Bonchev–Trinajstić information content (AvgIpc) is 2.93. The van der Waals surface area contributed by atoms with Gasteiger partial charge < -0.3 is 19.8 Å². The molecule has 0 saturated heterocycles. The summed E-state index contributed by atoms with van der Waals surface area (Å²) in [7, 11) is 3.43. The van der Waals surface area contributed by atoms with Gasteiger partial charge in [-0.25, -0.2) is 4.98 Å². The van der Waals surface area contributed by atoms with Gasteiger partial charge in [-0.15, -0.1) is 0 Å². The Morgan fingerprint density at radius 3 is 2.64 bits per heavy atom. The Morgan fingerprint density at radius 2 is 2.04 bits per heavy atom. The molecule has 0 atom stereocenters. The third-order valence-electron chi connectivity index (χ3n) is 4.25. The summed E-state index contributed by atoms with van der Waals surface area (Å²) in [6.45, 7) is 9.44. The van der Waals surface area contributed by atoms with E-state index in [1.807, 2.05) is 26.0 Å². The molecule has 0 fully saturated rings. The fourth-order valence-electron chi connectivity index (χ4n) is 2.45. The molecule has 2 N–H and O–H groups in total. The summed E-state index contributed by atoms with van der Waals surface area (Å²) in [5.74, 6) is 3.08. The van der Waals surface area contributed by atoms with Crippen LogP contribution in [0.3, 0.4) is 0 Å². The van der Waals surface area contributed by atoms with Gasteiger partial charge in [0.05, 0.1) is 19.3 Å². The lowest BCUT2D eigenvalue weighted by molar-refractivity contribution is 0.411. The molecule has 0 saturated carbocycles. The molecule has 0 unspecified atom stereocenters. The fraction of sp³-hybridized carbons (Fsp3) is 0.474. The molecule has 6 heteroatoms. The van der Waals surface area contributed by atoms with Gasteiger partial charge in [0.1, 0.15) is 11.5 Å². The summed E-state index contributed by atoms with van der Waals surface area (Å²) in [6, 6.07) is 8.14. The molecule has 6 nitrogen and oxygen atoms in total. The van der Waals surface area contributed by atoms with Crippen LogP contribution in [0, 0.1) is 13.8 Å². The van der Waals surface area contributed by atoms with E-state index in [4.69, 9.17) is 9.15 Å². The first-order valence-electron chi connectivity index (χ1n) is 8.37. The second-order valence-corrected chi connectivity index (χ2v) is 6.64. The Morgan fingerprint density at radius 1 is 1.28 bits per heavy atom. The summed E-state index contributed by atoms with van der Waals surface area (Å²) in [5.41, 5.74) is 2.04. The van der Waals surface area contributed by atoms with Gasteiger partial charge in [-0.3, -0.25) is 4.99 Å². The maximum atomic E-state index is 5.58. The molecular formula is C19H28N4O2. The van der Waals surface area contributed by atoms with Crippen LogP contribution < -0.4 is 15.4 Å². The highest BCUT2D eigenvalue weighted by atomic mass is 16.5. The molecular weight excluding hydrogens is 316 g/mol. The zero-order valence-electron chi connectivity index (χ0n) is 15.9. The number of aromatic nitrogens is 1. The van der Waals surface area contributed by atoms with Crippen LogP contribution in [-0.2, 0) is 12.0 Å². The van der Waals surface area contributed by atoms with Crippen LogP contribution in [-0.4, -0.2) is 31.6 Å². The van der Waals surface area contributed by atoms with Gasteiger partial charge in [0, 0.05) is 19.0 Å². The molecule has 2 aromatic rings. The fourth-order valence-corrected chi connectivity index (χ4v) is 2.45. The molecule has 0 radical (unpaired) electrons. The monoisotopic (exact) mass is 344 g/mol. The summed E-state index contributed by atoms with van der Waals surface area (Å²) in [4.78, 5) is 8.63. The van der Waals surface area contributed by atoms with E-state index in [0.29, 0.717) is 18.4 Å². The van der Waals surface area contributed by atoms with Gasteiger partial charge in [0.2, 0.25) is 5.89 Å². The number of hydrogen-bond donors (Lipinski definition) is 2. The van der Waals surface area contributed by atoms with E-state index in [-0.39, 0.29) is 5.41 Å². The quantitative estimate of drug-likeness (QED) is 0.623. The number of guanidine groups is 1. The van der Waals surface area contributed by atoms with Crippen molar-refractivity contribution in [1.29, 1.82) is 0 Å². The van der Waals surface area contributed by atoms with Gasteiger partial charge in [-0.05, 0) is 31.5 Å². The lowest BCUT2D eigenvalue weighted by Gasteiger charge is -2.27. The highest BCUT2D eigenvalue weighted by molar-refractivity contribution is 5.79. The maximum Gasteiger partial charge on any atom is 0.214 e. The lowest BCUT2D eigenvalue weighted by atomic mass is 9.84. The summed E-state index contributed by atoms with van der Waals surface area (Å²) in [6.07, 6.45) is 0. The van der Waals surface area contributed by atoms with Crippen LogP contribution >= 0.6 is 0 Å². The smallest absolute Gasteiger partial charge is 0.214 e. The highest BCUT2D eigenvalue weighted by Crippen LogP contribution is 2.25. The van der Waals surface area contributed by atoms with Gasteiger partial charge in [0.15, 0.2) is 5.96 Å². The van der Waals surface area contributed by atoms with Crippen LogP contribution in [0.2, 0.25) is 0 Å². The Hall–Kier alpha value is -2.50. The number of nitrogens with zero attached hydrogens (tertiary/aromatic N) is 2. The van der Waals surface area contributed by atoms with Crippen LogP contribution in [0.15, 0.2) is 33.7 Å². The summed E-state index contributed by atoms with van der Waals surface area (Å²) >= 11 is 0. The molecule has 25 heavy (non-hydrogen) atoms. The van der Waals surface area contributed by atoms with Crippen molar-refractivity contribution in [3.8, 4) is 5.75 Å². The molecule has 1 aromatic carbocycles. The van der Waals surface area contributed by atoms with Crippen LogP contribution in [0.4, 0.5) is 0 Å². The molecule has 1 heterocycles. The highest BCUT2D eigenvalue weighted by Gasteiger charge is 2.21. The van der Waals surface area contributed by atoms with E-state index in [1.165, 1.54) is 5.56 Å². The normalized spacial score (nSPS) is 12.2. The average molecular weight is 344 g/mol. The predicted octanol–water partition coefficient (Wildman–Crippen LogP) is 2.94. The van der Waals surface area contributed by atoms with Crippen molar-refractivity contribution in [1.82, 2.24) is 15.6 Å². The number of ether oxygens (including phenoxy) is 1. The van der Waals surface area contributed by atoms with Crippen molar-refractivity contribution >= 4 is 5.96 Å². The first-order valence-corrected chi connectivity index (χ1v) is 8.37. The van der Waals surface area contributed by atoms with E-state index in [0.717, 1.165) is 23.7 Å². The molecule has 0 aliphatic heterocycles. The molecule has 0 aliphatic rings. The zero-order valence-corrected chi connectivity index (χ0v) is 15.9. The number of hydrogen-bond acceptors (Lipinski definition) is 4. The van der Waals surface area contributed by atoms with Gasteiger partial charge >= 0.3 is 0 Å². The van der Waals surface area contributed by atoms with Crippen LogP contribution in [0.1, 0.15) is 36.8 Å². The standard InChI is InChI=1S/C19H28N4O2/c1-13-14(2)25-17(23-13)11-21-18(20-5)22-12-19(3,4)15-8-7-9-16(10-15)24-6/h7-10H,11-12H2,1-6H3,(H2,20,21,22). The topological polar surface area (TPSA) is 71.7 Å². The van der Waals surface area contributed by atoms with E-state index in [1.54, 1.807) is 14.2 Å². The van der Waals surface area contributed by atoms with E-state index in [2.05, 4.69) is 46.6 Å². The van der Waals surface area contributed by atoms with Gasteiger partial charge in [-0.2, -0.15) is 0 Å². The van der Waals surface area contributed by atoms with Crippen molar-refractivity contribution in [3.63, 3.8) is 0 Å². The number of nitrogens with one attached hydrogen (secondary N) is 2. The Labute approximate surface area is 149 Å². The number of aryl methyl sites for hydroxylation is 2. The minimum atomic E-state index is -0.0811. The van der Waals surface area contributed by atoms with Crippen molar-refractivity contribution in [2.45, 2.75) is 39.7 Å². The van der Waals surface area contributed by atoms with E-state index in [9.17, 15) is 0 Å². The summed E-state index contributed by atoms with van der Waals surface area (Å²) < 4.78 is 10.9. The molecule has 2 rings (SSSR count). The minimum Gasteiger partial charge on any atom is -0.497 e. The molecule has 0 amide bonds. The Bertz CT molecular complexity index is 715. The number of aliphatic imine (C=N–C) groups is 1. The van der Waals surface area contributed by atoms with Crippen LogP contribution in [0.5, 0.6) is 5.75 Å². The van der Waals surface area contributed by atoms with E-state index < -0.39 is 0 Å². The van der Waals surface area contributed by atoms with Crippen LogP contribution in [0.25, 0.3) is 0 Å².